The van der Waals surface area contributed by atoms with Gasteiger partial charge in [-0.3, -0.25) is 0 Å². The fourth-order valence-electron chi connectivity index (χ4n) is 1.78. The summed E-state index contributed by atoms with van der Waals surface area (Å²) in [5.41, 5.74) is 0. The highest BCUT2D eigenvalue weighted by Gasteiger charge is 2.10. The maximum atomic E-state index is 4.49. The van der Waals surface area contributed by atoms with Gasteiger partial charge in [0, 0.05) is 26.7 Å². The van der Waals surface area contributed by atoms with Gasteiger partial charge in [0.1, 0.15) is 0 Å². The van der Waals surface area contributed by atoms with Gasteiger partial charge in [-0.05, 0) is 38.7 Å². The van der Waals surface area contributed by atoms with Crippen molar-refractivity contribution in [2.24, 2.45) is 0 Å². The van der Waals surface area contributed by atoms with E-state index >= 15 is 0 Å². The highest BCUT2D eigenvalue weighted by atomic mass is 32.2. The van der Waals surface area contributed by atoms with Crippen LogP contribution in [0.4, 0.5) is 17.8 Å². The molecule has 0 aliphatic rings. The van der Waals surface area contributed by atoms with Gasteiger partial charge in [-0.25, -0.2) is 0 Å². The third kappa shape index (κ3) is 5.40. The molecule has 6 nitrogen and oxygen atoms in total. The summed E-state index contributed by atoms with van der Waals surface area (Å²) in [6.45, 7) is 6.86. The second-order valence-corrected chi connectivity index (χ2v) is 5.32. The Balaban J connectivity index is 2.67. The number of rotatable bonds is 10. The number of aromatic nitrogens is 3. The van der Waals surface area contributed by atoms with Crippen LogP contribution in [0.5, 0.6) is 0 Å². The summed E-state index contributed by atoms with van der Waals surface area (Å²) in [4.78, 5) is 15.3. The van der Waals surface area contributed by atoms with E-state index in [-0.39, 0.29) is 0 Å². The van der Waals surface area contributed by atoms with Crippen molar-refractivity contribution < 1.29 is 0 Å². The Hall–Kier alpha value is -1.24. The summed E-state index contributed by atoms with van der Waals surface area (Å²) in [6, 6.07) is 0. The summed E-state index contributed by atoms with van der Waals surface area (Å²) in [7, 11) is 1.82. The molecule has 0 aromatic carbocycles. The van der Waals surface area contributed by atoms with Crippen molar-refractivity contribution in [3.8, 4) is 0 Å². The molecule has 1 rings (SSSR count). The third-order valence-electron chi connectivity index (χ3n) is 2.95. The van der Waals surface area contributed by atoms with Gasteiger partial charge in [0.2, 0.25) is 17.8 Å². The minimum Gasteiger partial charge on any atom is -0.357 e. The van der Waals surface area contributed by atoms with E-state index in [2.05, 4.69) is 50.6 Å². The molecule has 0 aliphatic heterocycles. The number of thioether (sulfide) groups is 1. The van der Waals surface area contributed by atoms with E-state index in [1.807, 2.05) is 18.8 Å². The molecule has 1 heterocycles. The van der Waals surface area contributed by atoms with Gasteiger partial charge >= 0.3 is 0 Å². The van der Waals surface area contributed by atoms with Crippen molar-refractivity contribution in [2.75, 3.05) is 54.2 Å². The normalized spacial score (nSPS) is 10.4. The zero-order valence-electron chi connectivity index (χ0n) is 12.9. The fourth-order valence-corrected chi connectivity index (χ4v) is 2.27. The van der Waals surface area contributed by atoms with Gasteiger partial charge in [-0.15, -0.1) is 0 Å². The van der Waals surface area contributed by atoms with Crippen molar-refractivity contribution in [1.82, 2.24) is 15.0 Å². The average Bonchev–Trinajstić information content (AvgIpc) is 2.48. The molecule has 0 saturated carbocycles. The van der Waals surface area contributed by atoms with Crippen molar-refractivity contribution in [2.45, 2.75) is 26.7 Å². The molecule has 0 aliphatic carbocycles. The number of unbranched alkanes of at least 4 members (excludes halogenated alkanes) is 1. The Morgan fingerprint density at radius 1 is 1.05 bits per heavy atom. The van der Waals surface area contributed by atoms with E-state index in [0.717, 1.165) is 32.0 Å². The zero-order chi connectivity index (χ0) is 14.8. The molecule has 0 atom stereocenters. The minimum absolute atomic E-state index is 0.605. The highest BCUT2D eigenvalue weighted by molar-refractivity contribution is 7.98. The van der Waals surface area contributed by atoms with Crippen LogP contribution in [0.1, 0.15) is 26.7 Å². The molecule has 0 fully saturated rings. The Labute approximate surface area is 126 Å². The van der Waals surface area contributed by atoms with Crippen LogP contribution in [0.3, 0.4) is 0 Å². The summed E-state index contributed by atoms with van der Waals surface area (Å²) >= 11 is 1.88. The third-order valence-corrected chi connectivity index (χ3v) is 3.65. The van der Waals surface area contributed by atoms with E-state index < -0.39 is 0 Å². The molecule has 0 amide bonds. The summed E-state index contributed by atoms with van der Waals surface area (Å²) in [6.07, 6.45) is 4.47. The standard InChI is InChI=1S/C13H26N6S/c1-5-19(6-2)13-17-11(14-3)16-12(18-13)15-9-7-8-10-20-4/h5-10H2,1-4H3,(H2,14,15,16,17,18). The van der Waals surface area contributed by atoms with Crippen molar-refractivity contribution >= 4 is 29.6 Å². The van der Waals surface area contributed by atoms with Crippen LogP contribution >= 0.6 is 11.8 Å². The van der Waals surface area contributed by atoms with Gasteiger partial charge in [0.15, 0.2) is 0 Å². The Bertz CT molecular complexity index is 383. The predicted octanol–water partition coefficient (Wildman–Crippen LogP) is 2.31. The molecule has 0 saturated heterocycles. The van der Waals surface area contributed by atoms with Crippen molar-refractivity contribution in [1.29, 1.82) is 0 Å². The zero-order valence-corrected chi connectivity index (χ0v) is 13.8. The maximum absolute atomic E-state index is 4.49. The van der Waals surface area contributed by atoms with E-state index in [9.17, 15) is 0 Å². The second kappa shape index (κ2) is 9.63. The average molecular weight is 298 g/mol. The minimum atomic E-state index is 0.605. The second-order valence-electron chi connectivity index (χ2n) is 4.33. The van der Waals surface area contributed by atoms with Crippen LogP contribution in [0.15, 0.2) is 0 Å². The molecule has 1 aromatic rings. The molecule has 7 heteroatoms. The molecular weight excluding hydrogens is 272 g/mol. The number of anilines is 3. The van der Waals surface area contributed by atoms with Crippen LogP contribution in [-0.2, 0) is 0 Å². The molecule has 1 aromatic heterocycles. The number of hydrogen-bond donors (Lipinski definition) is 2. The molecule has 114 valence electrons. The van der Waals surface area contributed by atoms with Crippen molar-refractivity contribution in [3.63, 3.8) is 0 Å². The van der Waals surface area contributed by atoms with E-state index in [4.69, 9.17) is 0 Å². The molecule has 0 spiro atoms. The molecular formula is C13H26N6S. The van der Waals surface area contributed by atoms with Crippen LogP contribution in [0.2, 0.25) is 0 Å². The van der Waals surface area contributed by atoms with Crippen LogP contribution < -0.4 is 15.5 Å². The molecule has 20 heavy (non-hydrogen) atoms. The van der Waals surface area contributed by atoms with Crippen LogP contribution in [-0.4, -0.2) is 53.6 Å². The Morgan fingerprint density at radius 2 is 1.75 bits per heavy atom. The summed E-state index contributed by atoms with van der Waals surface area (Å²) in [5.74, 6) is 3.18. The fraction of sp³-hybridized carbons (Fsp3) is 0.769. The van der Waals surface area contributed by atoms with Gasteiger partial charge in [-0.2, -0.15) is 26.7 Å². The SMILES string of the molecule is CCN(CC)c1nc(NC)nc(NCCCCSC)n1. The Morgan fingerprint density at radius 3 is 2.35 bits per heavy atom. The maximum Gasteiger partial charge on any atom is 0.231 e. The lowest BCUT2D eigenvalue weighted by Crippen LogP contribution is -2.25. The monoisotopic (exact) mass is 298 g/mol. The van der Waals surface area contributed by atoms with Gasteiger partial charge < -0.3 is 15.5 Å². The Kier molecular flexibility index (Phi) is 8.10. The number of nitrogens with zero attached hydrogens (tertiary/aromatic N) is 4. The highest BCUT2D eigenvalue weighted by Crippen LogP contribution is 2.13. The smallest absolute Gasteiger partial charge is 0.231 e. The topological polar surface area (TPSA) is 66.0 Å². The predicted molar refractivity (Wildman–Crippen MR) is 89.0 cm³/mol. The first-order valence-corrected chi connectivity index (χ1v) is 8.56. The van der Waals surface area contributed by atoms with Crippen molar-refractivity contribution in [3.05, 3.63) is 0 Å². The summed E-state index contributed by atoms with van der Waals surface area (Å²) < 4.78 is 0. The summed E-state index contributed by atoms with van der Waals surface area (Å²) in [5, 5.41) is 6.27. The molecule has 0 unspecified atom stereocenters. The first kappa shape index (κ1) is 16.8. The van der Waals surface area contributed by atoms with E-state index in [1.165, 1.54) is 12.2 Å². The first-order chi connectivity index (χ1) is 9.74. The van der Waals surface area contributed by atoms with E-state index in [0.29, 0.717) is 11.9 Å². The first-order valence-electron chi connectivity index (χ1n) is 7.16. The lowest BCUT2D eigenvalue weighted by molar-refractivity contribution is 0.803. The number of nitrogens with one attached hydrogen (secondary N) is 2. The number of hydrogen-bond acceptors (Lipinski definition) is 7. The van der Waals surface area contributed by atoms with E-state index in [1.54, 1.807) is 0 Å². The van der Waals surface area contributed by atoms with Crippen LogP contribution in [0.25, 0.3) is 0 Å². The van der Waals surface area contributed by atoms with Gasteiger partial charge in [0.25, 0.3) is 0 Å². The quantitative estimate of drug-likeness (QED) is 0.643. The molecule has 0 radical (unpaired) electrons. The van der Waals surface area contributed by atoms with Gasteiger partial charge in [0.05, 0.1) is 0 Å². The van der Waals surface area contributed by atoms with Crippen LogP contribution in [0, 0.1) is 0 Å². The lowest BCUT2D eigenvalue weighted by Gasteiger charge is -2.19. The molecule has 0 bridgehead atoms. The van der Waals surface area contributed by atoms with Gasteiger partial charge in [-0.1, -0.05) is 0 Å². The largest absolute Gasteiger partial charge is 0.357 e. The lowest BCUT2D eigenvalue weighted by atomic mass is 10.3. The molecule has 2 N–H and O–H groups in total.